The molecular weight excluding hydrogens is 290 g/mol. The van der Waals surface area contributed by atoms with E-state index in [1.54, 1.807) is 0 Å². The minimum absolute atomic E-state index is 0.0280. The minimum atomic E-state index is 0.0280. The van der Waals surface area contributed by atoms with Gasteiger partial charge in [-0.1, -0.05) is 6.08 Å². The summed E-state index contributed by atoms with van der Waals surface area (Å²) in [7, 11) is 0. The van der Waals surface area contributed by atoms with E-state index in [1.807, 2.05) is 0 Å². The third-order valence-electron chi connectivity index (χ3n) is 6.03. The van der Waals surface area contributed by atoms with Gasteiger partial charge in [-0.15, -0.1) is 0 Å². The van der Waals surface area contributed by atoms with Gasteiger partial charge in [0.1, 0.15) is 0 Å². The second-order valence-electron chi connectivity index (χ2n) is 7.92. The summed E-state index contributed by atoms with van der Waals surface area (Å²) in [5, 5.41) is 0. The van der Waals surface area contributed by atoms with Crippen molar-refractivity contribution in [3.63, 3.8) is 0 Å². The summed E-state index contributed by atoms with van der Waals surface area (Å²) in [6, 6.07) is 0. The van der Waals surface area contributed by atoms with Crippen LogP contribution in [0.4, 0.5) is 0 Å². The standard InChI is InChI=1S/C19H29NO3/c21-18(16-4-1-2-5-16)20-10-8-17-19(13-20,9-3-11-23-17)14-22-12-15-6-7-15/h4,15,17H,1-3,5-14H2/t17-,19+/m0/s1. The van der Waals surface area contributed by atoms with Crippen LogP contribution in [0.25, 0.3) is 0 Å². The van der Waals surface area contributed by atoms with Crippen molar-refractivity contribution >= 4 is 5.91 Å². The highest BCUT2D eigenvalue weighted by Gasteiger charge is 2.47. The molecule has 2 aliphatic carbocycles. The summed E-state index contributed by atoms with van der Waals surface area (Å²) >= 11 is 0. The zero-order valence-corrected chi connectivity index (χ0v) is 14.1. The van der Waals surface area contributed by atoms with E-state index in [0.717, 1.165) is 82.9 Å². The van der Waals surface area contributed by atoms with Crippen molar-refractivity contribution in [3.05, 3.63) is 11.6 Å². The van der Waals surface area contributed by atoms with Gasteiger partial charge >= 0.3 is 0 Å². The number of ether oxygens (including phenoxy) is 2. The van der Waals surface area contributed by atoms with Gasteiger partial charge in [-0.25, -0.2) is 0 Å². The number of fused-ring (bicyclic) bond motifs is 1. The fourth-order valence-corrected chi connectivity index (χ4v) is 4.46. The van der Waals surface area contributed by atoms with Crippen LogP contribution in [-0.4, -0.2) is 49.8 Å². The highest BCUT2D eigenvalue weighted by Crippen LogP contribution is 2.41. The molecule has 4 rings (SSSR count). The summed E-state index contributed by atoms with van der Waals surface area (Å²) in [6.45, 7) is 4.18. The molecule has 2 aliphatic heterocycles. The molecular formula is C19H29NO3. The second-order valence-corrected chi connectivity index (χ2v) is 7.92. The lowest BCUT2D eigenvalue weighted by Crippen LogP contribution is -2.58. The van der Waals surface area contributed by atoms with Crippen LogP contribution in [-0.2, 0) is 14.3 Å². The molecule has 0 aromatic heterocycles. The number of likely N-dealkylation sites (tertiary alicyclic amines) is 1. The molecule has 0 aromatic rings. The van der Waals surface area contributed by atoms with E-state index in [9.17, 15) is 4.79 Å². The van der Waals surface area contributed by atoms with Gasteiger partial charge in [0.2, 0.25) is 5.91 Å². The molecule has 0 unspecified atom stereocenters. The fourth-order valence-electron chi connectivity index (χ4n) is 4.46. The molecule has 2 saturated heterocycles. The molecule has 4 nitrogen and oxygen atoms in total. The Hall–Kier alpha value is -0.870. The van der Waals surface area contributed by atoms with Gasteiger partial charge in [0.15, 0.2) is 0 Å². The second kappa shape index (κ2) is 6.56. The molecule has 1 saturated carbocycles. The maximum Gasteiger partial charge on any atom is 0.249 e. The van der Waals surface area contributed by atoms with E-state index in [1.165, 1.54) is 12.8 Å². The minimum Gasteiger partial charge on any atom is -0.380 e. The van der Waals surface area contributed by atoms with Crippen LogP contribution in [0.15, 0.2) is 11.6 Å². The summed E-state index contributed by atoms with van der Waals surface area (Å²) in [5.41, 5.74) is 1.06. The molecule has 0 spiro atoms. The van der Waals surface area contributed by atoms with Crippen molar-refractivity contribution in [1.29, 1.82) is 0 Å². The first-order chi connectivity index (χ1) is 11.3. The van der Waals surface area contributed by atoms with Crippen LogP contribution >= 0.6 is 0 Å². The van der Waals surface area contributed by atoms with E-state index in [-0.39, 0.29) is 17.4 Å². The quantitative estimate of drug-likeness (QED) is 0.782. The van der Waals surface area contributed by atoms with Crippen LogP contribution in [0.3, 0.4) is 0 Å². The van der Waals surface area contributed by atoms with Gasteiger partial charge in [0.25, 0.3) is 0 Å². The number of allylic oxidation sites excluding steroid dienone is 1. The number of carbonyl (C=O) groups excluding carboxylic acids is 1. The third-order valence-corrected chi connectivity index (χ3v) is 6.03. The topological polar surface area (TPSA) is 38.8 Å². The molecule has 128 valence electrons. The SMILES string of the molecule is O=C(C1=CCCC1)N1CC[C@@H]2OCCC[C@]2(COCC2CC2)C1. The molecule has 0 radical (unpaired) electrons. The molecule has 2 heterocycles. The largest absolute Gasteiger partial charge is 0.380 e. The van der Waals surface area contributed by atoms with Crippen molar-refractivity contribution in [2.45, 2.75) is 57.5 Å². The van der Waals surface area contributed by atoms with Gasteiger partial charge in [0, 0.05) is 37.3 Å². The lowest BCUT2D eigenvalue weighted by Gasteiger charge is -2.50. The molecule has 3 fully saturated rings. The van der Waals surface area contributed by atoms with Crippen molar-refractivity contribution in [2.24, 2.45) is 11.3 Å². The maximum atomic E-state index is 12.8. The number of nitrogens with zero attached hydrogens (tertiary/aromatic N) is 1. The van der Waals surface area contributed by atoms with Crippen LogP contribution in [0.1, 0.15) is 51.4 Å². The zero-order valence-electron chi connectivity index (χ0n) is 14.1. The lowest BCUT2D eigenvalue weighted by molar-refractivity contribution is -0.163. The van der Waals surface area contributed by atoms with Crippen LogP contribution in [0.5, 0.6) is 0 Å². The Morgan fingerprint density at radius 3 is 3.04 bits per heavy atom. The van der Waals surface area contributed by atoms with E-state index in [2.05, 4.69) is 11.0 Å². The molecule has 0 aromatic carbocycles. The lowest BCUT2D eigenvalue weighted by atomic mass is 9.73. The average Bonchev–Trinajstić information content (AvgIpc) is 3.24. The Labute approximate surface area is 139 Å². The van der Waals surface area contributed by atoms with Crippen molar-refractivity contribution < 1.29 is 14.3 Å². The third kappa shape index (κ3) is 3.34. The number of rotatable bonds is 5. The molecule has 4 aliphatic rings. The van der Waals surface area contributed by atoms with Crippen molar-refractivity contribution in [3.8, 4) is 0 Å². The number of carbonyl (C=O) groups is 1. The summed E-state index contributed by atoms with van der Waals surface area (Å²) < 4.78 is 12.2. The predicted octanol–water partition coefficient (Wildman–Crippen LogP) is 2.92. The van der Waals surface area contributed by atoms with E-state index in [4.69, 9.17) is 9.47 Å². The number of amides is 1. The average molecular weight is 319 g/mol. The summed E-state index contributed by atoms with van der Waals surface area (Å²) in [5.74, 6) is 1.06. The zero-order chi connectivity index (χ0) is 15.7. The number of hydrogen-bond acceptors (Lipinski definition) is 3. The van der Waals surface area contributed by atoms with Crippen LogP contribution < -0.4 is 0 Å². The van der Waals surface area contributed by atoms with E-state index in [0.29, 0.717) is 0 Å². The van der Waals surface area contributed by atoms with Crippen molar-refractivity contribution in [2.75, 3.05) is 32.9 Å². The van der Waals surface area contributed by atoms with Gasteiger partial charge in [-0.05, 0) is 57.3 Å². The molecule has 1 amide bonds. The van der Waals surface area contributed by atoms with Crippen molar-refractivity contribution in [1.82, 2.24) is 4.90 Å². The predicted molar refractivity (Wildman–Crippen MR) is 88.1 cm³/mol. The van der Waals surface area contributed by atoms with Gasteiger partial charge in [0.05, 0.1) is 12.7 Å². The summed E-state index contributed by atoms with van der Waals surface area (Å²) in [4.78, 5) is 14.9. The van der Waals surface area contributed by atoms with E-state index >= 15 is 0 Å². The Kier molecular flexibility index (Phi) is 4.46. The smallest absolute Gasteiger partial charge is 0.249 e. The highest BCUT2D eigenvalue weighted by atomic mass is 16.5. The normalized spacial score (nSPS) is 34.2. The Morgan fingerprint density at radius 1 is 1.35 bits per heavy atom. The van der Waals surface area contributed by atoms with Gasteiger partial charge in [-0.3, -0.25) is 4.79 Å². The first-order valence-electron chi connectivity index (χ1n) is 9.44. The monoisotopic (exact) mass is 319 g/mol. The Morgan fingerprint density at radius 2 is 2.26 bits per heavy atom. The Bertz CT molecular complexity index is 485. The fraction of sp³-hybridized carbons (Fsp3) is 0.842. The first kappa shape index (κ1) is 15.6. The molecule has 0 bridgehead atoms. The number of piperidine rings is 1. The highest BCUT2D eigenvalue weighted by molar-refractivity contribution is 5.93. The van der Waals surface area contributed by atoms with Gasteiger partial charge < -0.3 is 14.4 Å². The molecule has 2 atom stereocenters. The van der Waals surface area contributed by atoms with Gasteiger partial charge in [-0.2, -0.15) is 0 Å². The van der Waals surface area contributed by atoms with E-state index < -0.39 is 0 Å². The van der Waals surface area contributed by atoms with Crippen LogP contribution in [0.2, 0.25) is 0 Å². The number of hydrogen-bond donors (Lipinski definition) is 0. The van der Waals surface area contributed by atoms with Crippen LogP contribution in [0, 0.1) is 11.3 Å². The first-order valence-corrected chi connectivity index (χ1v) is 9.44. The molecule has 23 heavy (non-hydrogen) atoms. The molecule has 0 N–H and O–H groups in total. The molecule has 4 heteroatoms. The maximum absolute atomic E-state index is 12.8. The Balaban J connectivity index is 1.43. The summed E-state index contributed by atoms with van der Waals surface area (Å²) in [6.07, 6.45) is 11.4.